The van der Waals surface area contributed by atoms with Gasteiger partial charge in [-0.1, -0.05) is 6.92 Å². The second kappa shape index (κ2) is 3.67. The lowest BCUT2D eigenvalue weighted by molar-refractivity contribution is -0.107. The van der Waals surface area contributed by atoms with E-state index in [0.717, 1.165) is 0 Å². The minimum atomic E-state index is -1.60. The van der Waals surface area contributed by atoms with Gasteiger partial charge in [-0.15, -0.1) is 0 Å². The van der Waals surface area contributed by atoms with Gasteiger partial charge in [0.15, 0.2) is 0 Å². The molecule has 0 unspecified atom stereocenters. The van der Waals surface area contributed by atoms with Crippen molar-refractivity contribution in [3.63, 3.8) is 0 Å². The summed E-state index contributed by atoms with van der Waals surface area (Å²) in [6.07, 6.45) is -1.01. The highest BCUT2D eigenvalue weighted by molar-refractivity contribution is 5.48. The monoisotopic (exact) mass is 74.1 g/mol. The Labute approximate surface area is 34.8 Å². The Kier molecular flexibility index (Phi) is 1.44. The molecule has 0 spiro atoms. The van der Waals surface area contributed by atoms with E-state index >= 15 is 0 Å². The Morgan fingerprint density at radius 2 is 2.80 bits per heavy atom. The molecule has 0 aliphatic heterocycles. The largest absolute Gasteiger partial charge is 0.303 e. The summed E-state index contributed by atoms with van der Waals surface area (Å²) >= 11 is 0. The van der Waals surface area contributed by atoms with Crippen LogP contribution in [0.25, 0.3) is 0 Å². The van der Waals surface area contributed by atoms with Crippen molar-refractivity contribution in [3.8, 4) is 0 Å². The summed E-state index contributed by atoms with van der Waals surface area (Å²) < 4.78 is 13.4. The van der Waals surface area contributed by atoms with E-state index < -0.39 is 6.37 Å². The van der Waals surface area contributed by atoms with Gasteiger partial charge in [-0.3, -0.25) is 0 Å². The number of rotatable bonds is 2. The molecular formula is C4H8O. The topological polar surface area (TPSA) is 17.1 Å². The first kappa shape index (κ1) is 1.96. The molecule has 0 rings (SSSR count). The number of carbonyl (C=O) groups excluding carboxylic acids is 1. The lowest BCUT2D eigenvalue weighted by Gasteiger charge is -1.68. The summed E-state index contributed by atoms with van der Waals surface area (Å²) in [6.45, 7) is 1.63. The van der Waals surface area contributed by atoms with Crippen molar-refractivity contribution in [2.45, 2.75) is 19.7 Å². The quantitative estimate of drug-likeness (QED) is 0.446. The molecule has 0 saturated carbocycles. The van der Waals surface area contributed by atoms with Crippen molar-refractivity contribution >= 4 is 6.29 Å². The van der Waals surface area contributed by atoms with E-state index in [1.54, 1.807) is 6.92 Å². The minimum Gasteiger partial charge on any atom is -0.303 e. The van der Waals surface area contributed by atoms with Crippen LogP contribution in [-0.2, 0) is 4.79 Å². The summed E-state index contributed by atoms with van der Waals surface area (Å²) in [4.78, 5) is 9.68. The highest BCUT2D eigenvalue weighted by atomic mass is 16.1. The number of hydrogen-bond acceptors (Lipinski definition) is 1. The fourth-order valence-electron chi connectivity index (χ4n) is 0.0833. The Bertz CT molecular complexity index is 70.1. The summed E-state index contributed by atoms with van der Waals surface area (Å²) in [6, 6.07) is 0. The van der Waals surface area contributed by atoms with Gasteiger partial charge in [0.2, 0.25) is 0 Å². The van der Waals surface area contributed by atoms with E-state index in [4.69, 9.17) is 2.74 Å². The maximum atomic E-state index is 9.68. The van der Waals surface area contributed by atoms with Gasteiger partial charge in [0.1, 0.15) is 6.29 Å². The van der Waals surface area contributed by atoms with E-state index in [1.807, 2.05) is 0 Å². The van der Waals surface area contributed by atoms with Crippen LogP contribution in [0.15, 0.2) is 0 Å². The average Bonchev–Trinajstić information content (AvgIpc) is 1.68. The van der Waals surface area contributed by atoms with Crippen LogP contribution in [0, 0.1) is 0 Å². The average molecular weight is 74.1 g/mol. The van der Waals surface area contributed by atoms with Crippen LogP contribution in [0.2, 0.25) is 0 Å². The molecule has 0 heterocycles. The Morgan fingerprint density at radius 1 is 2.20 bits per heavy atom. The first-order chi connectivity index (χ1) is 3.12. The van der Waals surface area contributed by atoms with Gasteiger partial charge in [0, 0.05) is 9.11 Å². The van der Waals surface area contributed by atoms with E-state index in [1.165, 1.54) is 0 Å². The predicted molar refractivity (Wildman–Crippen MR) is 21.0 cm³/mol. The third-order valence-electron chi connectivity index (χ3n) is 0.287. The molecule has 0 atom stereocenters. The van der Waals surface area contributed by atoms with E-state index in [9.17, 15) is 4.79 Å². The molecule has 1 nitrogen and oxygen atoms in total. The van der Waals surface area contributed by atoms with Crippen LogP contribution in [0.5, 0.6) is 0 Å². The zero-order valence-corrected chi connectivity index (χ0v) is 3.19. The first-order valence-electron chi connectivity index (χ1n) is 2.59. The molecule has 30 valence electrons. The molecule has 0 aliphatic carbocycles. The Hall–Kier alpha value is -0.330. The molecule has 0 aromatic rings. The van der Waals surface area contributed by atoms with Gasteiger partial charge in [0.05, 0.1) is 0 Å². The predicted octanol–water partition coefficient (Wildman–Crippen LogP) is 0.985. The highest BCUT2D eigenvalue weighted by Gasteiger charge is 1.66. The van der Waals surface area contributed by atoms with Gasteiger partial charge >= 0.3 is 0 Å². The summed E-state index contributed by atoms with van der Waals surface area (Å²) in [5.74, 6) is 0. The van der Waals surface area contributed by atoms with Crippen molar-refractivity contribution < 1.29 is 7.54 Å². The second-order valence-electron chi connectivity index (χ2n) is 0.676. The normalized spacial score (nSPS) is 16.2. The zero-order chi connectivity index (χ0) is 5.91. The van der Waals surface area contributed by atoms with Crippen molar-refractivity contribution in [1.29, 1.82) is 0 Å². The maximum absolute atomic E-state index is 9.68. The van der Waals surface area contributed by atoms with Gasteiger partial charge in [0.25, 0.3) is 0 Å². The Balaban J connectivity index is 3.58. The SMILES string of the molecule is [2H]C([2H])(C=O)CC. The molecular weight excluding hydrogens is 64.0 g/mol. The van der Waals surface area contributed by atoms with Crippen LogP contribution >= 0.6 is 0 Å². The fraction of sp³-hybridized carbons (Fsp3) is 0.750. The van der Waals surface area contributed by atoms with Crippen molar-refractivity contribution in [3.05, 3.63) is 0 Å². The highest BCUT2D eigenvalue weighted by Crippen LogP contribution is 1.74. The van der Waals surface area contributed by atoms with E-state index in [-0.39, 0.29) is 6.42 Å². The fourth-order valence-corrected chi connectivity index (χ4v) is 0.0833. The molecule has 0 fully saturated rings. The van der Waals surface area contributed by atoms with Crippen LogP contribution in [0.1, 0.15) is 22.5 Å². The van der Waals surface area contributed by atoms with Gasteiger partial charge < -0.3 is 4.79 Å². The smallest absolute Gasteiger partial charge is 0.119 e. The van der Waals surface area contributed by atoms with Gasteiger partial charge in [-0.2, -0.15) is 0 Å². The van der Waals surface area contributed by atoms with Crippen LogP contribution in [0.4, 0.5) is 0 Å². The van der Waals surface area contributed by atoms with Crippen molar-refractivity contribution in [1.82, 2.24) is 0 Å². The van der Waals surface area contributed by atoms with Crippen molar-refractivity contribution in [2.75, 3.05) is 0 Å². The standard InChI is InChI=1S/C4H8O/c1-2-3-4-5/h4H,2-3H2,1H3/i3D2. The summed E-state index contributed by atoms with van der Waals surface area (Å²) in [7, 11) is 0. The number of carbonyl (C=O) groups is 1. The minimum absolute atomic E-state index is 0.260. The number of aldehydes is 1. The molecule has 0 radical (unpaired) electrons. The van der Waals surface area contributed by atoms with E-state index in [0.29, 0.717) is 6.29 Å². The lowest BCUT2D eigenvalue weighted by Crippen LogP contribution is -1.64. The lowest BCUT2D eigenvalue weighted by atomic mass is 10.4. The molecule has 1 heteroatoms. The van der Waals surface area contributed by atoms with Gasteiger partial charge in [-0.25, -0.2) is 0 Å². The molecule has 0 amide bonds. The molecule has 5 heavy (non-hydrogen) atoms. The molecule has 0 aliphatic rings. The summed E-state index contributed by atoms with van der Waals surface area (Å²) in [5, 5.41) is 0. The summed E-state index contributed by atoms with van der Waals surface area (Å²) in [5.41, 5.74) is 0. The molecule has 0 aromatic heterocycles. The first-order valence-corrected chi connectivity index (χ1v) is 1.59. The van der Waals surface area contributed by atoms with Crippen LogP contribution in [0.3, 0.4) is 0 Å². The maximum Gasteiger partial charge on any atom is 0.119 e. The molecule has 0 aromatic carbocycles. The molecule has 0 saturated heterocycles. The third-order valence-corrected chi connectivity index (χ3v) is 0.287. The van der Waals surface area contributed by atoms with Crippen LogP contribution in [-0.4, -0.2) is 6.29 Å². The van der Waals surface area contributed by atoms with Crippen LogP contribution < -0.4 is 0 Å². The zero-order valence-electron chi connectivity index (χ0n) is 5.19. The van der Waals surface area contributed by atoms with Gasteiger partial charge in [-0.05, 0) is 6.42 Å². The second-order valence-corrected chi connectivity index (χ2v) is 0.676. The number of hydrogen-bond donors (Lipinski definition) is 0. The van der Waals surface area contributed by atoms with E-state index in [2.05, 4.69) is 0 Å². The van der Waals surface area contributed by atoms with Crippen molar-refractivity contribution in [2.24, 2.45) is 0 Å². The molecule has 0 bridgehead atoms. The Morgan fingerprint density at radius 3 is 2.80 bits per heavy atom. The molecule has 0 N–H and O–H groups in total. The third kappa shape index (κ3) is 3.67.